The lowest BCUT2D eigenvalue weighted by molar-refractivity contribution is 0.234. The molecule has 112 valence electrons. The van der Waals surface area contributed by atoms with Crippen molar-refractivity contribution in [2.24, 2.45) is 0 Å². The van der Waals surface area contributed by atoms with Gasteiger partial charge in [-0.25, -0.2) is 13.8 Å². The minimum atomic E-state index is -0.579. The third-order valence-electron chi connectivity index (χ3n) is 2.92. The lowest BCUT2D eigenvalue weighted by Gasteiger charge is -2.19. The molecule has 0 saturated carbocycles. The Morgan fingerprint density at radius 2 is 1.71 bits per heavy atom. The third-order valence-corrected chi connectivity index (χ3v) is 2.92. The van der Waals surface area contributed by atoms with Crippen molar-refractivity contribution in [2.75, 3.05) is 5.32 Å². The summed E-state index contributed by atoms with van der Waals surface area (Å²) < 4.78 is 33.2. The van der Waals surface area contributed by atoms with Gasteiger partial charge in [0.1, 0.15) is 11.6 Å². The summed E-state index contributed by atoms with van der Waals surface area (Å²) in [5.74, 6) is -0.744. The Morgan fingerprint density at radius 1 is 1.05 bits per heavy atom. The Labute approximate surface area is 123 Å². The zero-order chi connectivity index (χ0) is 15.4. The van der Waals surface area contributed by atoms with Crippen LogP contribution in [0.15, 0.2) is 36.5 Å². The van der Waals surface area contributed by atoms with E-state index < -0.39 is 17.7 Å². The highest BCUT2D eigenvalue weighted by atomic mass is 19.1. The fourth-order valence-electron chi connectivity index (χ4n) is 2.05. The average molecular weight is 292 g/mol. The molecule has 0 amide bonds. The standard InChI is InChI=1S/C16H18F2N2O/c1-10(2)21-16-14(8-5-9-19-16)20-11(3)15-12(17)6-4-7-13(15)18/h4-11,20H,1-3H3. The summed E-state index contributed by atoms with van der Waals surface area (Å²) in [6, 6.07) is 6.78. The Balaban J connectivity index is 2.26. The Kier molecular flexibility index (Phi) is 4.73. The molecule has 1 N–H and O–H groups in total. The number of rotatable bonds is 5. The molecular weight excluding hydrogens is 274 g/mol. The fraction of sp³-hybridized carbons (Fsp3) is 0.312. The number of hydrogen-bond acceptors (Lipinski definition) is 3. The van der Waals surface area contributed by atoms with Gasteiger partial charge in [0.2, 0.25) is 5.88 Å². The zero-order valence-corrected chi connectivity index (χ0v) is 12.2. The molecule has 0 bridgehead atoms. The van der Waals surface area contributed by atoms with Crippen LogP contribution in [-0.2, 0) is 0 Å². The summed E-state index contributed by atoms with van der Waals surface area (Å²) in [5.41, 5.74) is 0.596. The molecule has 1 aromatic carbocycles. The summed E-state index contributed by atoms with van der Waals surface area (Å²) in [6.45, 7) is 5.46. The Morgan fingerprint density at radius 3 is 2.33 bits per heavy atom. The lowest BCUT2D eigenvalue weighted by Crippen LogP contribution is -2.14. The van der Waals surface area contributed by atoms with Crippen LogP contribution in [-0.4, -0.2) is 11.1 Å². The largest absolute Gasteiger partial charge is 0.473 e. The molecule has 1 aromatic heterocycles. The molecule has 0 aliphatic carbocycles. The summed E-state index contributed by atoms with van der Waals surface area (Å²) in [7, 11) is 0. The third kappa shape index (κ3) is 3.68. The minimum absolute atomic E-state index is 0.00292. The monoisotopic (exact) mass is 292 g/mol. The molecule has 0 spiro atoms. The van der Waals surface area contributed by atoms with Gasteiger partial charge in [0.25, 0.3) is 0 Å². The van der Waals surface area contributed by atoms with E-state index in [-0.39, 0.29) is 11.7 Å². The van der Waals surface area contributed by atoms with Crippen molar-refractivity contribution in [1.29, 1.82) is 0 Å². The van der Waals surface area contributed by atoms with Gasteiger partial charge < -0.3 is 10.1 Å². The number of pyridine rings is 1. The molecule has 21 heavy (non-hydrogen) atoms. The highest BCUT2D eigenvalue weighted by Gasteiger charge is 2.17. The highest BCUT2D eigenvalue weighted by Crippen LogP contribution is 2.28. The topological polar surface area (TPSA) is 34.1 Å². The Bertz CT molecular complexity index is 597. The second-order valence-corrected chi connectivity index (χ2v) is 5.02. The maximum atomic E-state index is 13.8. The molecule has 1 atom stereocenters. The summed E-state index contributed by atoms with van der Waals surface area (Å²) in [5, 5.41) is 3.05. The first-order chi connectivity index (χ1) is 9.99. The SMILES string of the molecule is CC(C)Oc1ncccc1NC(C)c1c(F)cccc1F. The predicted molar refractivity (Wildman–Crippen MR) is 78.4 cm³/mol. The summed E-state index contributed by atoms with van der Waals surface area (Å²) in [6.07, 6.45) is 1.57. The van der Waals surface area contributed by atoms with E-state index in [1.807, 2.05) is 13.8 Å². The zero-order valence-electron chi connectivity index (χ0n) is 12.2. The normalized spacial score (nSPS) is 12.3. The smallest absolute Gasteiger partial charge is 0.237 e. The van der Waals surface area contributed by atoms with E-state index in [2.05, 4.69) is 10.3 Å². The molecule has 0 fully saturated rings. The van der Waals surface area contributed by atoms with E-state index >= 15 is 0 Å². The summed E-state index contributed by atoms with van der Waals surface area (Å²) in [4.78, 5) is 4.14. The van der Waals surface area contributed by atoms with E-state index in [0.29, 0.717) is 11.6 Å². The molecule has 5 heteroatoms. The van der Waals surface area contributed by atoms with Crippen LogP contribution in [0.5, 0.6) is 5.88 Å². The van der Waals surface area contributed by atoms with Crippen LogP contribution in [0.2, 0.25) is 0 Å². The van der Waals surface area contributed by atoms with E-state index in [4.69, 9.17) is 4.74 Å². The minimum Gasteiger partial charge on any atom is -0.473 e. The molecule has 1 unspecified atom stereocenters. The van der Waals surface area contributed by atoms with E-state index in [9.17, 15) is 8.78 Å². The van der Waals surface area contributed by atoms with Gasteiger partial charge >= 0.3 is 0 Å². The van der Waals surface area contributed by atoms with E-state index in [0.717, 1.165) is 0 Å². The molecule has 1 heterocycles. The molecular formula is C16H18F2N2O. The van der Waals surface area contributed by atoms with Crippen LogP contribution in [0.4, 0.5) is 14.5 Å². The van der Waals surface area contributed by atoms with E-state index in [1.54, 1.807) is 25.3 Å². The second kappa shape index (κ2) is 6.52. The van der Waals surface area contributed by atoms with Crippen molar-refractivity contribution in [3.63, 3.8) is 0 Å². The van der Waals surface area contributed by atoms with Gasteiger partial charge in [0.15, 0.2) is 0 Å². The van der Waals surface area contributed by atoms with Crippen molar-refractivity contribution in [3.05, 3.63) is 53.7 Å². The first-order valence-corrected chi connectivity index (χ1v) is 6.81. The quantitative estimate of drug-likeness (QED) is 0.891. The highest BCUT2D eigenvalue weighted by molar-refractivity contribution is 5.53. The number of benzene rings is 1. The average Bonchev–Trinajstić information content (AvgIpc) is 2.40. The molecule has 2 aromatic rings. The molecule has 3 nitrogen and oxygen atoms in total. The van der Waals surface area contributed by atoms with Gasteiger partial charge in [0, 0.05) is 11.8 Å². The first kappa shape index (κ1) is 15.2. The van der Waals surface area contributed by atoms with Crippen molar-refractivity contribution in [3.8, 4) is 5.88 Å². The lowest BCUT2D eigenvalue weighted by atomic mass is 10.1. The molecule has 0 radical (unpaired) electrons. The molecule has 0 saturated heterocycles. The van der Waals surface area contributed by atoms with Crippen LogP contribution in [0.1, 0.15) is 32.4 Å². The van der Waals surface area contributed by atoms with Gasteiger partial charge in [0.05, 0.1) is 17.8 Å². The van der Waals surface area contributed by atoms with Gasteiger partial charge in [-0.1, -0.05) is 6.07 Å². The van der Waals surface area contributed by atoms with Crippen molar-refractivity contribution in [1.82, 2.24) is 4.98 Å². The van der Waals surface area contributed by atoms with Crippen molar-refractivity contribution >= 4 is 5.69 Å². The first-order valence-electron chi connectivity index (χ1n) is 6.81. The second-order valence-electron chi connectivity index (χ2n) is 5.02. The number of nitrogens with one attached hydrogen (secondary N) is 1. The molecule has 0 aliphatic rings. The number of anilines is 1. The fourth-order valence-corrected chi connectivity index (χ4v) is 2.05. The molecule has 2 rings (SSSR count). The van der Waals surface area contributed by atoms with Crippen LogP contribution >= 0.6 is 0 Å². The number of nitrogens with zero attached hydrogens (tertiary/aromatic N) is 1. The van der Waals surface area contributed by atoms with Crippen molar-refractivity contribution in [2.45, 2.75) is 32.9 Å². The van der Waals surface area contributed by atoms with Crippen LogP contribution < -0.4 is 10.1 Å². The predicted octanol–water partition coefficient (Wildman–Crippen LogP) is 4.32. The van der Waals surface area contributed by atoms with Crippen molar-refractivity contribution < 1.29 is 13.5 Å². The van der Waals surface area contributed by atoms with Crippen LogP contribution in [0.25, 0.3) is 0 Å². The molecule has 0 aliphatic heterocycles. The number of ether oxygens (including phenoxy) is 1. The van der Waals surface area contributed by atoms with Gasteiger partial charge in [-0.15, -0.1) is 0 Å². The Hall–Kier alpha value is -2.17. The summed E-state index contributed by atoms with van der Waals surface area (Å²) >= 11 is 0. The van der Waals surface area contributed by atoms with Gasteiger partial charge in [-0.2, -0.15) is 0 Å². The number of halogens is 2. The van der Waals surface area contributed by atoms with Crippen LogP contribution in [0.3, 0.4) is 0 Å². The number of hydrogen-bond donors (Lipinski definition) is 1. The van der Waals surface area contributed by atoms with Gasteiger partial charge in [-0.05, 0) is 45.0 Å². The number of aromatic nitrogens is 1. The maximum absolute atomic E-state index is 13.8. The van der Waals surface area contributed by atoms with Gasteiger partial charge in [-0.3, -0.25) is 0 Å². The maximum Gasteiger partial charge on any atom is 0.237 e. The van der Waals surface area contributed by atoms with Crippen LogP contribution in [0, 0.1) is 11.6 Å². The van der Waals surface area contributed by atoms with E-state index in [1.165, 1.54) is 18.2 Å².